The highest BCUT2D eigenvalue weighted by molar-refractivity contribution is 6.00. The summed E-state index contributed by atoms with van der Waals surface area (Å²) in [5, 5.41) is 0. The maximum atomic E-state index is 12.5. The third-order valence-electron chi connectivity index (χ3n) is 3.39. The number of ether oxygens (including phenoxy) is 2. The van der Waals surface area contributed by atoms with Crippen molar-refractivity contribution < 1.29 is 23.9 Å². The molecular formula is C16H25NO5. The van der Waals surface area contributed by atoms with Gasteiger partial charge in [0.25, 0.3) is 0 Å². The van der Waals surface area contributed by atoms with Crippen LogP contribution in [-0.4, -0.2) is 41.6 Å². The van der Waals surface area contributed by atoms with Gasteiger partial charge in [-0.2, -0.15) is 0 Å². The second-order valence-electron chi connectivity index (χ2n) is 6.31. The minimum absolute atomic E-state index is 0.280. The first-order valence-corrected chi connectivity index (χ1v) is 7.46. The molecule has 0 aromatic heterocycles. The molecule has 2 atom stereocenters. The largest absolute Gasteiger partial charge is 0.467 e. The Balaban J connectivity index is 2.91. The van der Waals surface area contributed by atoms with E-state index in [4.69, 9.17) is 9.47 Å². The van der Waals surface area contributed by atoms with Gasteiger partial charge in [0, 0.05) is 5.92 Å². The molecule has 0 unspecified atom stereocenters. The molecule has 0 aromatic carbocycles. The Bertz CT molecular complexity index is 464. The van der Waals surface area contributed by atoms with Crippen molar-refractivity contribution in [3.8, 4) is 0 Å². The van der Waals surface area contributed by atoms with E-state index in [9.17, 15) is 14.4 Å². The number of methoxy groups -OCH3 is 1. The van der Waals surface area contributed by atoms with Crippen molar-refractivity contribution >= 4 is 18.0 Å². The van der Waals surface area contributed by atoms with Crippen LogP contribution in [0.4, 0.5) is 4.79 Å². The molecule has 1 fully saturated rings. The number of likely N-dealkylation sites (tertiary alicyclic amines) is 1. The van der Waals surface area contributed by atoms with E-state index in [1.807, 2.05) is 19.1 Å². The number of nitrogens with zero attached hydrogens (tertiary/aromatic N) is 1. The molecule has 0 saturated carbocycles. The molecule has 2 amide bonds. The molecule has 1 aliphatic heterocycles. The summed E-state index contributed by atoms with van der Waals surface area (Å²) >= 11 is 0. The van der Waals surface area contributed by atoms with Gasteiger partial charge in [-0.3, -0.25) is 4.79 Å². The lowest BCUT2D eigenvalue weighted by Gasteiger charge is -2.26. The van der Waals surface area contributed by atoms with E-state index >= 15 is 0 Å². The highest BCUT2D eigenvalue weighted by atomic mass is 16.6. The summed E-state index contributed by atoms with van der Waals surface area (Å²) in [6.45, 7) is 7.03. The highest BCUT2D eigenvalue weighted by Gasteiger charge is 2.48. The van der Waals surface area contributed by atoms with Crippen LogP contribution in [-0.2, 0) is 19.1 Å². The summed E-state index contributed by atoms with van der Waals surface area (Å²) in [4.78, 5) is 37.5. The summed E-state index contributed by atoms with van der Waals surface area (Å²) in [5.41, 5.74) is -0.735. The number of amides is 2. The van der Waals surface area contributed by atoms with Gasteiger partial charge in [0.2, 0.25) is 5.91 Å². The Morgan fingerprint density at radius 2 is 2.00 bits per heavy atom. The van der Waals surface area contributed by atoms with Crippen LogP contribution in [0, 0.1) is 5.92 Å². The summed E-state index contributed by atoms with van der Waals surface area (Å²) in [7, 11) is 1.24. The van der Waals surface area contributed by atoms with Crippen molar-refractivity contribution in [2.75, 3.05) is 7.11 Å². The smallest absolute Gasteiger partial charge is 0.417 e. The van der Waals surface area contributed by atoms with Crippen LogP contribution in [0.2, 0.25) is 0 Å². The maximum Gasteiger partial charge on any atom is 0.417 e. The van der Waals surface area contributed by atoms with Crippen LogP contribution in [0.5, 0.6) is 0 Å². The molecule has 0 aromatic rings. The van der Waals surface area contributed by atoms with Gasteiger partial charge in [-0.05, 0) is 47.0 Å². The molecule has 6 nitrogen and oxygen atoms in total. The van der Waals surface area contributed by atoms with E-state index in [1.54, 1.807) is 20.8 Å². The fraction of sp³-hybridized carbons (Fsp3) is 0.688. The summed E-state index contributed by atoms with van der Waals surface area (Å²) < 4.78 is 9.95. The second kappa shape index (κ2) is 7.42. The van der Waals surface area contributed by atoms with Gasteiger partial charge >= 0.3 is 12.1 Å². The maximum absolute atomic E-state index is 12.5. The number of esters is 1. The Morgan fingerprint density at radius 1 is 1.36 bits per heavy atom. The zero-order valence-corrected chi connectivity index (χ0v) is 13.9. The van der Waals surface area contributed by atoms with Gasteiger partial charge in [0.1, 0.15) is 11.6 Å². The lowest BCUT2D eigenvalue weighted by Crippen LogP contribution is -2.46. The number of imide groups is 1. The van der Waals surface area contributed by atoms with E-state index in [0.717, 1.165) is 11.3 Å². The minimum Gasteiger partial charge on any atom is -0.467 e. The van der Waals surface area contributed by atoms with E-state index in [0.29, 0.717) is 6.42 Å². The van der Waals surface area contributed by atoms with E-state index < -0.39 is 23.7 Å². The molecule has 124 valence electrons. The number of allylic oxidation sites excluding steroid dienone is 2. The van der Waals surface area contributed by atoms with Gasteiger partial charge in [0.05, 0.1) is 7.11 Å². The number of hydrogen-bond donors (Lipinski definition) is 0. The van der Waals surface area contributed by atoms with Crippen LogP contribution < -0.4 is 0 Å². The lowest BCUT2D eigenvalue weighted by atomic mass is 9.99. The summed E-state index contributed by atoms with van der Waals surface area (Å²) in [5.74, 6) is -1.32. The molecule has 1 saturated heterocycles. The second-order valence-corrected chi connectivity index (χ2v) is 6.31. The first kappa shape index (κ1) is 18.2. The van der Waals surface area contributed by atoms with E-state index in [-0.39, 0.29) is 18.2 Å². The van der Waals surface area contributed by atoms with Gasteiger partial charge in [-0.15, -0.1) is 0 Å². The van der Waals surface area contributed by atoms with Crippen LogP contribution in [0.1, 0.15) is 47.0 Å². The normalized spacial score (nSPS) is 22.2. The zero-order chi connectivity index (χ0) is 16.9. The highest BCUT2D eigenvalue weighted by Crippen LogP contribution is 2.30. The fourth-order valence-electron chi connectivity index (χ4n) is 2.40. The molecule has 0 N–H and O–H groups in total. The Morgan fingerprint density at radius 3 is 2.50 bits per heavy atom. The minimum atomic E-state index is -0.900. The molecule has 0 radical (unpaired) electrons. The molecule has 1 rings (SSSR count). The van der Waals surface area contributed by atoms with Crippen molar-refractivity contribution in [2.45, 2.75) is 58.6 Å². The van der Waals surface area contributed by atoms with Gasteiger partial charge in [-0.1, -0.05) is 12.2 Å². The average Bonchev–Trinajstić information content (AvgIpc) is 2.74. The molecular weight excluding hydrogens is 286 g/mol. The molecule has 0 spiro atoms. The summed E-state index contributed by atoms with van der Waals surface area (Å²) in [6, 6.07) is -0.900. The monoisotopic (exact) mass is 311 g/mol. The molecule has 6 heteroatoms. The summed E-state index contributed by atoms with van der Waals surface area (Å²) in [6.07, 6.45) is 4.67. The number of hydrogen-bond acceptors (Lipinski definition) is 5. The van der Waals surface area contributed by atoms with Crippen molar-refractivity contribution in [1.29, 1.82) is 0 Å². The lowest BCUT2D eigenvalue weighted by molar-refractivity contribution is -0.148. The van der Waals surface area contributed by atoms with Gasteiger partial charge in [0.15, 0.2) is 0 Å². The first-order valence-electron chi connectivity index (χ1n) is 7.46. The van der Waals surface area contributed by atoms with Crippen molar-refractivity contribution in [2.24, 2.45) is 5.92 Å². The standard InChI is InChI=1S/C16H25NO5/c1-6-7-8-9-11-10-12(14(19)21-5)17(13(11)18)15(20)22-16(2,3)4/h6-7,11-12H,8-10H2,1-5H3/b7-6+/t11-,12-/m0/s1. The van der Waals surface area contributed by atoms with Crippen molar-refractivity contribution in [1.82, 2.24) is 4.90 Å². The van der Waals surface area contributed by atoms with Gasteiger partial charge < -0.3 is 9.47 Å². The predicted octanol–water partition coefficient (Wildman–Crippen LogP) is 2.67. The predicted molar refractivity (Wildman–Crippen MR) is 81.0 cm³/mol. The Kier molecular flexibility index (Phi) is 6.14. The quantitative estimate of drug-likeness (QED) is 0.589. The van der Waals surface area contributed by atoms with Gasteiger partial charge in [-0.25, -0.2) is 14.5 Å². The number of carbonyl (C=O) groups is 3. The zero-order valence-electron chi connectivity index (χ0n) is 13.9. The average molecular weight is 311 g/mol. The number of rotatable bonds is 4. The van der Waals surface area contributed by atoms with Crippen LogP contribution in [0.15, 0.2) is 12.2 Å². The molecule has 0 bridgehead atoms. The third kappa shape index (κ3) is 4.58. The SMILES string of the molecule is C/C=C/CC[C@H]1C[C@@H](C(=O)OC)N(C(=O)OC(C)(C)C)C1=O. The molecule has 22 heavy (non-hydrogen) atoms. The van der Waals surface area contributed by atoms with Crippen LogP contribution in [0.25, 0.3) is 0 Å². The Hall–Kier alpha value is -1.85. The topological polar surface area (TPSA) is 72.9 Å². The molecule has 0 aliphatic carbocycles. The van der Waals surface area contributed by atoms with E-state index in [1.165, 1.54) is 7.11 Å². The van der Waals surface area contributed by atoms with Crippen LogP contribution in [0.3, 0.4) is 0 Å². The van der Waals surface area contributed by atoms with Crippen molar-refractivity contribution in [3.63, 3.8) is 0 Å². The van der Waals surface area contributed by atoms with E-state index in [2.05, 4.69) is 0 Å². The fourth-order valence-corrected chi connectivity index (χ4v) is 2.40. The Labute approximate surface area is 131 Å². The first-order chi connectivity index (χ1) is 10.2. The number of carbonyl (C=O) groups excluding carboxylic acids is 3. The molecule has 1 aliphatic rings. The van der Waals surface area contributed by atoms with Crippen molar-refractivity contribution in [3.05, 3.63) is 12.2 Å². The third-order valence-corrected chi connectivity index (χ3v) is 3.39. The molecule has 1 heterocycles. The van der Waals surface area contributed by atoms with Crippen LogP contribution >= 0.6 is 0 Å².